The van der Waals surface area contributed by atoms with Crippen LogP contribution in [0.5, 0.6) is 5.75 Å². The molecular formula is C20H21NO3. The monoisotopic (exact) mass is 323 g/mol. The summed E-state index contributed by atoms with van der Waals surface area (Å²) >= 11 is 0. The second kappa shape index (κ2) is 7.79. The summed E-state index contributed by atoms with van der Waals surface area (Å²) in [5.74, 6) is 2.35. The minimum absolute atomic E-state index is 0.0511. The standard InChI is InChI=1S/C20H21NO3/c1-15-19(21-20(24-15)17-6-3-2-4-7-17)8-5-13-23-18-11-9-16(14-22)10-12-18/h2-4,6-7,9-12,22H,5,8,13-14H2,1H3. The number of oxazole rings is 1. The first-order valence-corrected chi connectivity index (χ1v) is 8.10. The fraction of sp³-hybridized carbons (Fsp3) is 0.250. The Morgan fingerprint density at radius 1 is 1.04 bits per heavy atom. The van der Waals surface area contributed by atoms with Gasteiger partial charge in [0.1, 0.15) is 11.5 Å². The van der Waals surface area contributed by atoms with Crippen LogP contribution in [0.2, 0.25) is 0 Å². The largest absolute Gasteiger partial charge is 0.494 e. The van der Waals surface area contributed by atoms with Crippen molar-refractivity contribution < 1.29 is 14.3 Å². The Morgan fingerprint density at radius 3 is 2.50 bits per heavy atom. The Balaban J connectivity index is 1.52. The maximum Gasteiger partial charge on any atom is 0.226 e. The molecule has 2 aromatic carbocycles. The summed E-state index contributed by atoms with van der Waals surface area (Å²) in [4.78, 5) is 4.60. The third-order valence-electron chi connectivity index (χ3n) is 3.85. The molecule has 0 spiro atoms. The number of aromatic nitrogens is 1. The molecule has 1 N–H and O–H groups in total. The topological polar surface area (TPSA) is 55.5 Å². The van der Waals surface area contributed by atoms with Crippen LogP contribution in [0, 0.1) is 6.92 Å². The van der Waals surface area contributed by atoms with E-state index < -0.39 is 0 Å². The predicted octanol–water partition coefficient (Wildman–Crippen LogP) is 4.15. The quantitative estimate of drug-likeness (QED) is 0.664. The Bertz CT molecular complexity index is 763. The van der Waals surface area contributed by atoms with Gasteiger partial charge in [0.05, 0.1) is 18.9 Å². The third kappa shape index (κ3) is 4.03. The van der Waals surface area contributed by atoms with Crippen molar-refractivity contribution in [2.45, 2.75) is 26.4 Å². The summed E-state index contributed by atoms with van der Waals surface area (Å²) in [7, 11) is 0. The molecule has 0 saturated carbocycles. The van der Waals surface area contributed by atoms with E-state index in [1.165, 1.54) is 0 Å². The van der Waals surface area contributed by atoms with Crippen molar-refractivity contribution in [1.29, 1.82) is 0 Å². The lowest BCUT2D eigenvalue weighted by molar-refractivity contribution is 0.281. The van der Waals surface area contributed by atoms with Gasteiger partial charge in [0, 0.05) is 5.56 Å². The van der Waals surface area contributed by atoms with E-state index in [-0.39, 0.29) is 6.61 Å². The molecule has 0 unspecified atom stereocenters. The minimum Gasteiger partial charge on any atom is -0.494 e. The molecule has 0 radical (unpaired) electrons. The van der Waals surface area contributed by atoms with Gasteiger partial charge in [-0.2, -0.15) is 0 Å². The zero-order chi connectivity index (χ0) is 16.8. The average molecular weight is 323 g/mol. The van der Waals surface area contributed by atoms with Gasteiger partial charge in [-0.15, -0.1) is 0 Å². The number of aliphatic hydroxyl groups excluding tert-OH is 1. The molecule has 1 aromatic heterocycles. The predicted molar refractivity (Wildman–Crippen MR) is 92.9 cm³/mol. The van der Waals surface area contributed by atoms with Gasteiger partial charge < -0.3 is 14.3 Å². The number of aryl methyl sites for hydroxylation is 2. The molecule has 4 nitrogen and oxygen atoms in total. The van der Waals surface area contributed by atoms with Crippen LogP contribution < -0.4 is 4.74 Å². The highest BCUT2D eigenvalue weighted by Gasteiger charge is 2.10. The van der Waals surface area contributed by atoms with E-state index >= 15 is 0 Å². The van der Waals surface area contributed by atoms with Crippen LogP contribution >= 0.6 is 0 Å². The molecule has 0 bridgehead atoms. The second-order valence-corrected chi connectivity index (χ2v) is 5.64. The maximum absolute atomic E-state index is 9.02. The van der Waals surface area contributed by atoms with Crippen molar-refractivity contribution in [2.75, 3.05) is 6.61 Å². The highest BCUT2D eigenvalue weighted by Crippen LogP contribution is 2.22. The molecule has 0 saturated heterocycles. The smallest absolute Gasteiger partial charge is 0.226 e. The van der Waals surface area contributed by atoms with Crippen LogP contribution in [-0.4, -0.2) is 16.7 Å². The van der Waals surface area contributed by atoms with E-state index in [4.69, 9.17) is 14.3 Å². The van der Waals surface area contributed by atoms with Gasteiger partial charge in [-0.1, -0.05) is 30.3 Å². The molecule has 3 aromatic rings. The first kappa shape index (κ1) is 16.3. The van der Waals surface area contributed by atoms with Gasteiger partial charge in [-0.25, -0.2) is 4.98 Å². The van der Waals surface area contributed by atoms with Gasteiger partial charge >= 0.3 is 0 Å². The lowest BCUT2D eigenvalue weighted by atomic mass is 10.2. The SMILES string of the molecule is Cc1oc(-c2ccccc2)nc1CCCOc1ccc(CO)cc1. The van der Waals surface area contributed by atoms with Crippen molar-refractivity contribution in [3.05, 3.63) is 71.6 Å². The molecule has 0 fully saturated rings. The third-order valence-corrected chi connectivity index (χ3v) is 3.85. The van der Waals surface area contributed by atoms with E-state index in [1.54, 1.807) is 0 Å². The van der Waals surface area contributed by atoms with Crippen LogP contribution in [0.25, 0.3) is 11.5 Å². The van der Waals surface area contributed by atoms with Crippen LogP contribution in [-0.2, 0) is 13.0 Å². The zero-order valence-electron chi connectivity index (χ0n) is 13.7. The number of rotatable bonds is 7. The Labute approximate surface area is 141 Å². The van der Waals surface area contributed by atoms with E-state index in [9.17, 15) is 0 Å². The molecule has 124 valence electrons. The molecule has 1 heterocycles. The molecule has 0 amide bonds. The van der Waals surface area contributed by atoms with E-state index in [1.807, 2.05) is 61.5 Å². The fourth-order valence-corrected chi connectivity index (χ4v) is 2.48. The van der Waals surface area contributed by atoms with Crippen LogP contribution in [0.1, 0.15) is 23.4 Å². The zero-order valence-corrected chi connectivity index (χ0v) is 13.7. The summed E-state index contributed by atoms with van der Waals surface area (Å²) in [5.41, 5.74) is 2.86. The Hall–Kier alpha value is -2.59. The maximum atomic E-state index is 9.02. The number of aliphatic hydroxyl groups is 1. The van der Waals surface area contributed by atoms with Crippen molar-refractivity contribution in [3.8, 4) is 17.2 Å². The average Bonchev–Trinajstić information content (AvgIpc) is 3.01. The van der Waals surface area contributed by atoms with Gasteiger partial charge in [-0.3, -0.25) is 0 Å². The number of ether oxygens (including phenoxy) is 1. The Morgan fingerprint density at radius 2 is 1.79 bits per heavy atom. The van der Waals surface area contributed by atoms with Crippen LogP contribution in [0.15, 0.2) is 59.0 Å². The first-order chi connectivity index (χ1) is 11.8. The van der Waals surface area contributed by atoms with Gasteiger partial charge in [0.2, 0.25) is 5.89 Å². The van der Waals surface area contributed by atoms with Gasteiger partial charge in [0.15, 0.2) is 0 Å². The van der Waals surface area contributed by atoms with Gasteiger partial charge in [0.25, 0.3) is 0 Å². The highest BCUT2D eigenvalue weighted by atomic mass is 16.5. The molecule has 24 heavy (non-hydrogen) atoms. The van der Waals surface area contributed by atoms with Crippen molar-refractivity contribution in [2.24, 2.45) is 0 Å². The minimum atomic E-state index is 0.0511. The molecule has 0 aliphatic carbocycles. The molecule has 4 heteroatoms. The number of nitrogens with zero attached hydrogens (tertiary/aromatic N) is 1. The summed E-state index contributed by atoms with van der Waals surface area (Å²) in [6.07, 6.45) is 1.68. The summed E-state index contributed by atoms with van der Waals surface area (Å²) in [6.45, 7) is 2.62. The lowest BCUT2D eigenvalue weighted by Crippen LogP contribution is -2.00. The molecule has 0 aliphatic rings. The summed E-state index contributed by atoms with van der Waals surface area (Å²) < 4.78 is 11.5. The fourth-order valence-electron chi connectivity index (χ4n) is 2.48. The number of benzene rings is 2. The summed E-state index contributed by atoms with van der Waals surface area (Å²) in [5, 5.41) is 9.02. The highest BCUT2D eigenvalue weighted by molar-refractivity contribution is 5.53. The summed E-state index contributed by atoms with van der Waals surface area (Å²) in [6, 6.07) is 17.4. The normalized spacial score (nSPS) is 10.8. The molecule has 0 aliphatic heterocycles. The van der Waals surface area contributed by atoms with E-state index in [0.29, 0.717) is 12.5 Å². The van der Waals surface area contributed by atoms with E-state index in [0.717, 1.165) is 41.2 Å². The van der Waals surface area contributed by atoms with Crippen molar-refractivity contribution >= 4 is 0 Å². The number of hydrogen-bond acceptors (Lipinski definition) is 4. The van der Waals surface area contributed by atoms with Crippen molar-refractivity contribution in [3.63, 3.8) is 0 Å². The Kier molecular flexibility index (Phi) is 5.29. The molecule has 3 rings (SSSR count). The van der Waals surface area contributed by atoms with Crippen LogP contribution in [0.4, 0.5) is 0 Å². The van der Waals surface area contributed by atoms with Crippen molar-refractivity contribution in [1.82, 2.24) is 4.98 Å². The number of hydrogen-bond donors (Lipinski definition) is 1. The van der Waals surface area contributed by atoms with Crippen LogP contribution in [0.3, 0.4) is 0 Å². The van der Waals surface area contributed by atoms with Gasteiger partial charge in [-0.05, 0) is 49.6 Å². The second-order valence-electron chi connectivity index (χ2n) is 5.64. The lowest BCUT2D eigenvalue weighted by Gasteiger charge is -2.06. The van der Waals surface area contributed by atoms with E-state index in [2.05, 4.69) is 4.98 Å². The first-order valence-electron chi connectivity index (χ1n) is 8.10. The molecule has 0 atom stereocenters. The molecular weight excluding hydrogens is 302 g/mol.